The molecule has 0 amide bonds. The summed E-state index contributed by atoms with van der Waals surface area (Å²) in [7, 11) is 0. The van der Waals surface area contributed by atoms with Crippen LogP contribution in [0, 0.1) is 5.82 Å². The van der Waals surface area contributed by atoms with Crippen LogP contribution in [0.4, 0.5) is 4.39 Å². The zero-order valence-electron chi connectivity index (χ0n) is 10.9. The summed E-state index contributed by atoms with van der Waals surface area (Å²) < 4.78 is 24.2. The van der Waals surface area contributed by atoms with Gasteiger partial charge in [0.25, 0.3) is 6.29 Å². The van der Waals surface area contributed by atoms with E-state index in [0.717, 1.165) is 0 Å². The summed E-state index contributed by atoms with van der Waals surface area (Å²) in [6.45, 7) is 1.87. The van der Waals surface area contributed by atoms with Crippen molar-refractivity contribution in [3.63, 3.8) is 0 Å². The Hall–Kier alpha value is -2.00. The molecule has 20 heavy (non-hydrogen) atoms. The Morgan fingerprint density at radius 3 is 1.95 bits per heavy atom. The molecule has 2 aromatic carbocycles. The number of benzene rings is 2. The van der Waals surface area contributed by atoms with Gasteiger partial charge in [0.2, 0.25) is 0 Å². The molecular weight excluding hydrogens is 279 g/mol. The van der Waals surface area contributed by atoms with Gasteiger partial charge in [0.1, 0.15) is 17.3 Å². The Kier molecular flexibility index (Phi) is 5.02. The molecule has 0 aromatic heterocycles. The quantitative estimate of drug-likeness (QED) is 0.580. The molecule has 1 unspecified atom stereocenters. The SMILES string of the molecule is CC=CC(Oc1ccc(F)cc1)Oc1ccc(Cl)cc1. The van der Waals surface area contributed by atoms with Gasteiger partial charge in [0.15, 0.2) is 0 Å². The minimum absolute atomic E-state index is 0.307. The largest absolute Gasteiger partial charge is 0.451 e. The number of allylic oxidation sites excluding steroid dienone is 1. The third-order valence-electron chi connectivity index (χ3n) is 2.48. The van der Waals surface area contributed by atoms with Crippen molar-refractivity contribution < 1.29 is 13.9 Å². The molecule has 0 saturated heterocycles. The summed E-state index contributed by atoms with van der Waals surface area (Å²) >= 11 is 5.82. The molecule has 0 bridgehead atoms. The van der Waals surface area contributed by atoms with Gasteiger partial charge in [-0.15, -0.1) is 0 Å². The first-order chi connectivity index (χ1) is 9.67. The zero-order valence-corrected chi connectivity index (χ0v) is 11.7. The topological polar surface area (TPSA) is 18.5 Å². The molecule has 0 saturated carbocycles. The van der Waals surface area contributed by atoms with Crippen molar-refractivity contribution in [2.45, 2.75) is 13.2 Å². The van der Waals surface area contributed by atoms with Gasteiger partial charge in [0.05, 0.1) is 0 Å². The van der Waals surface area contributed by atoms with Crippen LogP contribution in [-0.4, -0.2) is 6.29 Å². The lowest BCUT2D eigenvalue weighted by Gasteiger charge is -2.17. The van der Waals surface area contributed by atoms with Crippen molar-refractivity contribution in [2.75, 3.05) is 0 Å². The summed E-state index contributed by atoms with van der Waals surface area (Å²) in [5.41, 5.74) is 0. The van der Waals surface area contributed by atoms with Crippen molar-refractivity contribution in [3.05, 3.63) is 71.5 Å². The molecule has 1 atom stereocenters. The van der Waals surface area contributed by atoms with E-state index in [0.29, 0.717) is 16.5 Å². The number of halogens is 2. The van der Waals surface area contributed by atoms with Gasteiger partial charge < -0.3 is 9.47 Å². The first-order valence-electron chi connectivity index (χ1n) is 6.14. The molecule has 4 heteroatoms. The fraction of sp³-hybridized carbons (Fsp3) is 0.125. The number of hydrogen-bond donors (Lipinski definition) is 0. The van der Waals surface area contributed by atoms with E-state index in [9.17, 15) is 4.39 Å². The third kappa shape index (κ3) is 4.28. The highest BCUT2D eigenvalue weighted by atomic mass is 35.5. The number of hydrogen-bond acceptors (Lipinski definition) is 2. The van der Waals surface area contributed by atoms with Gasteiger partial charge in [-0.25, -0.2) is 4.39 Å². The minimum Gasteiger partial charge on any atom is -0.451 e. The summed E-state index contributed by atoms with van der Waals surface area (Å²) in [5.74, 6) is 0.863. The molecule has 104 valence electrons. The van der Waals surface area contributed by atoms with Crippen LogP contribution in [0.3, 0.4) is 0 Å². The second-order valence-corrected chi connectivity index (χ2v) is 4.47. The summed E-state index contributed by atoms with van der Waals surface area (Å²) in [6, 6.07) is 12.8. The fourth-order valence-corrected chi connectivity index (χ4v) is 1.68. The number of rotatable bonds is 5. The predicted molar refractivity (Wildman–Crippen MR) is 77.7 cm³/mol. The van der Waals surface area contributed by atoms with E-state index in [4.69, 9.17) is 21.1 Å². The second-order valence-electron chi connectivity index (χ2n) is 4.04. The van der Waals surface area contributed by atoms with Crippen LogP contribution in [0.2, 0.25) is 5.02 Å². The van der Waals surface area contributed by atoms with Crippen LogP contribution in [0.5, 0.6) is 11.5 Å². The van der Waals surface area contributed by atoms with Crippen molar-refractivity contribution in [3.8, 4) is 11.5 Å². The molecular formula is C16H14ClFO2. The Bertz CT molecular complexity index is 517. The smallest absolute Gasteiger partial charge is 0.260 e. The molecule has 0 fully saturated rings. The van der Waals surface area contributed by atoms with Gasteiger partial charge in [-0.2, -0.15) is 0 Å². The van der Waals surface area contributed by atoms with Gasteiger partial charge in [-0.1, -0.05) is 17.7 Å². The van der Waals surface area contributed by atoms with E-state index in [1.54, 1.807) is 42.5 Å². The lowest BCUT2D eigenvalue weighted by Crippen LogP contribution is -2.21. The van der Waals surface area contributed by atoms with Crippen LogP contribution in [0.1, 0.15) is 6.92 Å². The van der Waals surface area contributed by atoms with E-state index < -0.39 is 6.29 Å². The average molecular weight is 293 g/mol. The maximum absolute atomic E-state index is 12.8. The van der Waals surface area contributed by atoms with Crippen LogP contribution < -0.4 is 9.47 Å². The highest BCUT2D eigenvalue weighted by molar-refractivity contribution is 6.30. The van der Waals surface area contributed by atoms with E-state index in [1.807, 2.05) is 13.0 Å². The van der Waals surface area contributed by atoms with E-state index in [2.05, 4.69) is 0 Å². The molecule has 0 spiro atoms. The van der Waals surface area contributed by atoms with Crippen molar-refractivity contribution in [1.82, 2.24) is 0 Å². The average Bonchev–Trinajstić information content (AvgIpc) is 2.44. The Balaban J connectivity index is 2.07. The monoisotopic (exact) mass is 292 g/mol. The molecule has 2 rings (SSSR count). The summed E-state index contributed by atoms with van der Waals surface area (Å²) in [6.07, 6.45) is 2.99. The van der Waals surface area contributed by atoms with Crippen molar-refractivity contribution in [1.29, 1.82) is 0 Å². The van der Waals surface area contributed by atoms with Gasteiger partial charge in [-0.05, 0) is 61.5 Å². The van der Waals surface area contributed by atoms with Crippen molar-refractivity contribution in [2.24, 2.45) is 0 Å². The third-order valence-corrected chi connectivity index (χ3v) is 2.73. The molecule has 2 nitrogen and oxygen atoms in total. The lowest BCUT2D eigenvalue weighted by molar-refractivity contribution is 0.0471. The zero-order chi connectivity index (χ0) is 14.4. The van der Waals surface area contributed by atoms with Crippen LogP contribution in [0.25, 0.3) is 0 Å². The fourth-order valence-electron chi connectivity index (χ4n) is 1.55. The summed E-state index contributed by atoms with van der Waals surface area (Å²) in [4.78, 5) is 0. The molecule has 0 aliphatic carbocycles. The van der Waals surface area contributed by atoms with Gasteiger partial charge >= 0.3 is 0 Å². The van der Waals surface area contributed by atoms with Crippen LogP contribution in [0.15, 0.2) is 60.7 Å². The minimum atomic E-state index is -0.591. The van der Waals surface area contributed by atoms with Crippen LogP contribution in [-0.2, 0) is 0 Å². The molecule has 0 aliphatic heterocycles. The molecule has 0 aliphatic rings. The van der Waals surface area contributed by atoms with Crippen LogP contribution >= 0.6 is 11.6 Å². The van der Waals surface area contributed by atoms with E-state index >= 15 is 0 Å². The lowest BCUT2D eigenvalue weighted by atomic mass is 10.3. The Morgan fingerprint density at radius 1 is 0.950 bits per heavy atom. The van der Waals surface area contributed by atoms with E-state index in [1.165, 1.54) is 12.1 Å². The Morgan fingerprint density at radius 2 is 1.45 bits per heavy atom. The second kappa shape index (κ2) is 6.96. The molecule has 2 aromatic rings. The normalized spacial score (nSPS) is 12.3. The van der Waals surface area contributed by atoms with Gasteiger partial charge in [0, 0.05) is 5.02 Å². The standard InChI is InChI=1S/C16H14ClFO2/c1-2-3-16(19-14-8-4-12(17)5-9-14)20-15-10-6-13(18)7-11-15/h2-11,16H,1H3. The molecule has 0 radical (unpaired) electrons. The molecule has 0 N–H and O–H groups in total. The molecule has 0 heterocycles. The first kappa shape index (κ1) is 14.4. The van der Waals surface area contributed by atoms with E-state index in [-0.39, 0.29) is 5.82 Å². The maximum Gasteiger partial charge on any atom is 0.260 e. The Labute approximate surface area is 122 Å². The highest BCUT2D eigenvalue weighted by Gasteiger charge is 2.08. The number of ether oxygens (including phenoxy) is 2. The predicted octanol–water partition coefficient (Wildman–Crippen LogP) is 4.84. The highest BCUT2D eigenvalue weighted by Crippen LogP contribution is 2.19. The first-order valence-corrected chi connectivity index (χ1v) is 6.52. The maximum atomic E-state index is 12.8. The van der Waals surface area contributed by atoms with Gasteiger partial charge in [-0.3, -0.25) is 0 Å². The van der Waals surface area contributed by atoms with Crippen molar-refractivity contribution >= 4 is 11.6 Å². The summed E-state index contributed by atoms with van der Waals surface area (Å²) in [5, 5.41) is 0.638.